The summed E-state index contributed by atoms with van der Waals surface area (Å²) >= 11 is 5.97. The van der Waals surface area contributed by atoms with Gasteiger partial charge in [-0.1, -0.05) is 35.9 Å². The van der Waals surface area contributed by atoms with Gasteiger partial charge in [0.1, 0.15) is 0 Å². The molecule has 0 bridgehead atoms. The molecule has 0 fully saturated rings. The maximum atomic E-state index is 9.55. The average Bonchev–Trinajstić information content (AvgIpc) is 2.61. The highest BCUT2D eigenvalue weighted by molar-refractivity contribution is 6.30. The minimum Gasteiger partial charge on any atom is -0.478 e. The molecule has 0 aromatic heterocycles. The Morgan fingerprint density at radius 3 is 2.26 bits per heavy atom. The Kier molecular flexibility index (Phi) is 6.98. The number of likely N-dealkylation sites (N-methyl/N-ethyl adjacent to an activating group) is 1. The number of nitrogens with zero attached hydrogens (tertiary/aromatic N) is 1. The van der Waals surface area contributed by atoms with Crippen molar-refractivity contribution in [3.05, 3.63) is 76.3 Å². The molecule has 4 N–H and O–H groups in total. The van der Waals surface area contributed by atoms with Crippen molar-refractivity contribution in [1.82, 2.24) is 4.90 Å². The van der Waals surface area contributed by atoms with Crippen LogP contribution in [-0.2, 0) is 16.1 Å². The summed E-state index contributed by atoms with van der Waals surface area (Å²) in [6.07, 6.45) is 1.12. The Morgan fingerprint density at radius 1 is 1.11 bits per heavy atom. The van der Waals surface area contributed by atoms with Crippen molar-refractivity contribution in [2.75, 3.05) is 19.3 Å². The van der Waals surface area contributed by atoms with Crippen LogP contribution in [0.25, 0.3) is 0 Å². The van der Waals surface area contributed by atoms with Gasteiger partial charge in [0, 0.05) is 41.9 Å². The van der Waals surface area contributed by atoms with Crippen LogP contribution in [0.1, 0.15) is 22.6 Å². The topological polar surface area (TPSA) is 104 Å². The van der Waals surface area contributed by atoms with Gasteiger partial charge in [-0.15, -0.1) is 0 Å². The maximum Gasteiger partial charge on any atom is 0.328 e. The van der Waals surface area contributed by atoms with E-state index in [0.717, 1.165) is 23.8 Å². The number of hydrogen-bond acceptors (Lipinski definition) is 4. The quantitative estimate of drug-likeness (QED) is 0.551. The summed E-state index contributed by atoms with van der Waals surface area (Å²) in [7, 11) is 2.14. The number of halogens is 1. The van der Waals surface area contributed by atoms with Gasteiger partial charge in [-0.05, 0) is 41.9 Å². The first kappa shape index (κ1) is 20.5. The van der Waals surface area contributed by atoms with E-state index in [0.29, 0.717) is 18.1 Å². The second-order valence-electron chi connectivity index (χ2n) is 6.23. The molecule has 2 aromatic rings. The number of benzene rings is 2. The summed E-state index contributed by atoms with van der Waals surface area (Å²) in [5.74, 6) is -2.14. The van der Waals surface area contributed by atoms with Crippen molar-refractivity contribution in [3.8, 4) is 0 Å². The van der Waals surface area contributed by atoms with Gasteiger partial charge in [0.2, 0.25) is 0 Å². The van der Waals surface area contributed by atoms with Crippen LogP contribution in [0.5, 0.6) is 0 Å². The van der Waals surface area contributed by atoms with Gasteiger partial charge in [0.25, 0.3) is 0 Å². The molecular weight excluding hydrogens is 368 g/mol. The van der Waals surface area contributed by atoms with Crippen molar-refractivity contribution in [2.45, 2.75) is 12.5 Å². The number of anilines is 1. The summed E-state index contributed by atoms with van der Waals surface area (Å²) in [5, 5.41) is 16.4. The fraction of sp³-hybridized carbons (Fsp3) is 0.200. The Balaban J connectivity index is 0.000000279. The van der Waals surface area contributed by atoms with Crippen LogP contribution >= 0.6 is 11.6 Å². The lowest BCUT2D eigenvalue weighted by molar-refractivity contribution is -0.134. The first-order chi connectivity index (χ1) is 12.8. The number of nitrogens with two attached hydrogens (primary N) is 1. The van der Waals surface area contributed by atoms with E-state index in [1.165, 1.54) is 16.7 Å². The standard InChI is InChI=1S/C16H17ClN2.C4H4O4/c1-19-9-14(11-5-7-12(17)8-6-11)13-3-2-4-16(18)15(13)10-19;5-3(6)1-2-4(7)8/h2-8,14H,9-10,18H2,1H3;1-2H,(H,5,6)(H,7,8)/b;2-1-. The number of carbonyl (C=O) groups is 2. The van der Waals surface area contributed by atoms with Crippen LogP contribution in [0.4, 0.5) is 5.69 Å². The van der Waals surface area contributed by atoms with Gasteiger partial charge >= 0.3 is 11.9 Å². The summed E-state index contributed by atoms with van der Waals surface area (Å²) in [5.41, 5.74) is 10.9. The van der Waals surface area contributed by atoms with E-state index in [1.54, 1.807) is 0 Å². The van der Waals surface area contributed by atoms with E-state index in [2.05, 4.69) is 30.1 Å². The summed E-state index contributed by atoms with van der Waals surface area (Å²) in [4.78, 5) is 21.4. The molecule has 0 saturated carbocycles. The molecule has 1 atom stereocenters. The highest BCUT2D eigenvalue weighted by Gasteiger charge is 2.25. The fourth-order valence-electron chi connectivity index (χ4n) is 3.00. The average molecular weight is 389 g/mol. The van der Waals surface area contributed by atoms with Crippen molar-refractivity contribution in [2.24, 2.45) is 0 Å². The molecule has 6 nitrogen and oxygen atoms in total. The van der Waals surface area contributed by atoms with Gasteiger partial charge in [0.15, 0.2) is 0 Å². The third-order valence-electron chi connectivity index (χ3n) is 4.19. The second kappa shape index (κ2) is 9.21. The maximum absolute atomic E-state index is 9.55. The van der Waals surface area contributed by atoms with Crippen molar-refractivity contribution < 1.29 is 19.8 Å². The molecule has 0 radical (unpaired) electrons. The minimum absolute atomic E-state index is 0.370. The second-order valence-corrected chi connectivity index (χ2v) is 6.66. The van der Waals surface area contributed by atoms with Gasteiger partial charge < -0.3 is 20.8 Å². The van der Waals surface area contributed by atoms with Crippen LogP contribution in [0.3, 0.4) is 0 Å². The molecular formula is C20H21ClN2O4. The number of carboxylic acids is 2. The predicted molar refractivity (Wildman–Crippen MR) is 105 cm³/mol. The summed E-state index contributed by atoms with van der Waals surface area (Å²) < 4.78 is 0. The van der Waals surface area contributed by atoms with Gasteiger partial charge in [0.05, 0.1) is 0 Å². The van der Waals surface area contributed by atoms with Gasteiger partial charge in [-0.25, -0.2) is 9.59 Å². The first-order valence-electron chi connectivity index (χ1n) is 8.23. The SMILES string of the molecule is CN1Cc2c(N)cccc2C(c2ccc(Cl)cc2)C1.O=C(O)/C=C\C(=O)O. The largest absolute Gasteiger partial charge is 0.478 e. The molecule has 142 valence electrons. The zero-order valence-electron chi connectivity index (χ0n) is 14.8. The van der Waals surface area contributed by atoms with Crippen LogP contribution < -0.4 is 5.73 Å². The normalized spacial score (nSPS) is 16.3. The monoisotopic (exact) mass is 388 g/mol. The molecule has 3 rings (SSSR count). The smallest absolute Gasteiger partial charge is 0.328 e. The van der Waals surface area contributed by atoms with E-state index >= 15 is 0 Å². The number of fused-ring (bicyclic) bond motifs is 1. The van der Waals surface area contributed by atoms with Crippen LogP contribution in [0.15, 0.2) is 54.6 Å². The molecule has 0 aliphatic carbocycles. The Labute approximate surface area is 162 Å². The first-order valence-corrected chi connectivity index (χ1v) is 8.61. The third-order valence-corrected chi connectivity index (χ3v) is 4.44. The van der Waals surface area contributed by atoms with E-state index in [4.69, 9.17) is 27.5 Å². The molecule has 0 spiro atoms. The third kappa shape index (κ3) is 5.84. The number of hydrogen-bond donors (Lipinski definition) is 3. The zero-order valence-corrected chi connectivity index (χ0v) is 15.6. The minimum atomic E-state index is -1.26. The molecule has 7 heteroatoms. The van der Waals surface area contributed by atoms with E-state index in [1.807, 2.05) is 24.3 Å². The van der Waals surface area contributed by atoms with Gasteiger partial charge in [-0.2, -0.15) is 0 Å². The number of rotatable bonds is 3. The number of nitrogen functional groups attached to an aromatic ring is 1. The zero-order chi connectivity index (χ0) is 20.0. The lowest BCUT2D eigenvalue weighted by atomic mass is 9.84. The van der Waals surface area contributed by atoms with Crippen molar-refractivity contribution in [1.29, 1.82) is 0 Å². The van der Waals surface area contributed by atoms with E-state index in [-0.39, 0.29) is 0 Å². The molecule has 0 amide bonds. The van der Waals surface area contributed by atoms with Crippen LogP contribution in [0.2, 0.25) is 5.02 Å². The van der Waals surface area contributed by atoms with Crippen LogP contribution in [-0.4, -0.2) is 40.6 Å². The van der Waals surface area contributed by atoms with E-state index in [9.17, 15) is 9.59 Å². The van der Waals surface area contributed by atoms with Crippen LogP contribution in [0, 0.1) is 0 Å². The molecule has 27 heavy (non-hydrogen) atoms. The summed E-state index contributed by atoms with van der Waals surface area (Å²) in [6, 6.07) is 14.4. The number of carboxylic acid groups (broad SMARTS) is 2. The van der Waals surface area contributed by atoms with Crippen molar-refractivity contribution >= 4 is 29.2 Å². The fourth-order valence-corrected chi connectivity index (χ4v) is 3.13. The molecule has 2 aromatic carbocycles. The Morgan fingerprint density at radius 2 is 1.70 bits per heavy atom. The molecule has 0 saturated heterocycles. The van der Waals surface area contributed by atoms with E-state index < -0.39 is 11.9 Å². The lowest BCUT2D eigenvalue weighted by Gasteiger charge is -2.33. The Bertz CT molecular complexity index is 834. The number of aliphatic carboxylic acids is 2. The highest BCUT2D eigenvalue weighted by Crippen LogP contribution is 2.35. The molecule has 1 aliphatic rings. The predicted octanol–water partition coefficient (Wildman–Crippen LogP) is 3.21. The highest BCUT2D eigenvalue weighted by atomic mass is 35.5. The summed E-state index contributed by atoms with van der Waals surface area (Å²) in [6.45, 7) is 1.93. The lowest BCUT2D eigenvalue weighted by Crippen LogP contribution is -2.31. The molecule has 1 unspecified atom stereocenters. The van der Waals surface area contributed by atoms with Gasteiger partial charge in [-0.3, -0.25) is 0 Å². The molecule has 1 aliphatic heterocycles. The molecule has 1 heterocycles. The Hall–Kier alpha value is -2.83. The van der Waals surface area contributed by atoms with Crippen molar-refractivity contribution in [3.63, 3.8) is 0 Å².